The molecule has 310 valence electrons. The minimum Gasteiger partial charge on any atom is -0.456 e. The molecule has 2 heterocycles. The number of benzene rings is 10. The summed E-state index contributed by atoms with van der Waals surface area (Å²) in [6, 6.07) is 92.3. The lowest BCUT2D eigenvalue weighted by Gasteiger charge is -2.34. The number of aromatic nitrogens is 1. The fraction of sp³-hybridized carbons (Fsp3) is 0.0159. The van der Waals surface area contributed by atoms with Crippen LogP contribution in [-0.4, -0.2) is 4.57 Å². The summed E-state index contributed by atoms with van der Waals surface area (Å²) in [6.45, 7) is 0. The van der Waals surface area contributed by atoms with E-state index in [-0.39, 0.29) is 0 Å². The zero-order chi connectivity index (χ0) is 43.6. The topological polar surface area (TPSA) is 21.3 Å². The number of rotatable bonds is 8. The van der Waals surface area contributed by atoms with Gasteiger partial charge in [-0.2, -0.15) is 0 Å². The van der Waals surface area contributed by atoms with E-state index < -0.39 is 5.41 Å². The van der Waals surface area contributed by atoms with E-state index in [9.17, 15) is 0 Å². The molecule has 12 aromatic rings. The minimum absolute atomic E-state index is 0.634. The summed E-state index contributed by atoms with van der Waals surface area (Å²) in [7, 11) is 0. The van der Waals surface area contributed by atoms with Crippen molar-refractivity contribution in [3.05, 3.63) is 277 Å². The molecule has 0 amide bonds. The van der Waals surface area contributed by atoms with Gasteiger partial charge in [-0.05, 0) is 118 Å². The van der Waals surface area contributed by atoms with Crippen molar-refractivity contribution < 1.29 is 4.42 Å². The van der Waals surface area contributed by atoms with Crippen LogP contribution in [0.15, 0.2) is 259 Å². The van der Waals surface area contributed by atoms with Gasteiger partial charge in [-0.3, -0.25) is 0 Å². The van der Waals surface area contributed by atoms with E-state index in [1.165, 1.54) is 60.8 Å². The van der Waals surface area contributed by atoms with E-state index in [0.29, 0.717) is 0 Å². The third-order valence-corrected chi connectivity index (χ3v) is 13.7. The average Bonchev–Trinajstić information content (AvgIpc) is 4.04. The van der Waals surface area contributed by atoms with Crippen molar-refractivity contribution in [2.24, 2.45) is 0 Å². The van der Waals surface area contributed by atoms with Gasteiger partial charge in [0.2, 0.25) is 0 Å². The van der Waals surface area contributed by atoms with E-state index in [0.717, 1.165) is 50.6 Å². The summed E-state index contributed by atoms with van der Waals surface area (Å²) in [5.74, 6) is 0.928. The van der Waals surface area contributed by atoms with Crippen LogP contribution in [0.5, 0.6) is 0 Å². The molecule has 0 radical (unpaired) electrons. The Labute approximate surface area is 383 Å². The number of nitrogens with zero attached hydrogens (tertiary/aromatic N) is 2. The van der Waals surface area contributed by atoms with Gasteiger partial charge >= 0.3 is 0 Å². The van der Waals surface area contributed by atoms with Crippen LogP contribution in [0.2, 0.25) is 0 Å². The van der Waals surface area contributed by atoms with E-state index in [4.69, 9.17) is 4.42 Å². The second-order valence-electron chi connectivity index (χ2n) is 17.2. The lowest BCUT2D eigenvalue weighted by Crippen LogP contribution is -2.28. The number of fused-ring (bicyclic) bond motifs is 8. The first-order valence-corrected chi connectivity index (χ1v) is 22.7. The summed E-state index contributed by atoms with van der Waals surface area (Å²) in [5.41, 5.74) is 17.6. The predicted octanol–water partition coefficient (Wildman–Crippen LogP) is 16.7. The highest BCUT2D eigenvalue weighted by molar-refractivity contribution is 6.10. The maximum Gasteiger partial charge on any atom is 0.140 e. The Hall–Kier alpha value is -8.66. The molecule has 3 heteroatoms. The lowest BCUT2D eigenvalue weighted by molar-refractivity contribution is 0.628. The van der Waals surface area contributed by atoms with Gasteiger partial charge in [0, 0.05) is 50.0 Å². The SMILES string of the molecule is c1ccc(-c2ccc(N(c3ccc(-c4ccc5c(c4)c4ccccc4n5-c4ccccc4)cc3)c3ccc4c(c3)C(c3ccccc3)(c3ccccc3)c3c-4oc4ccccc34)cc2)cc1. The summed E-state index contributed by atoms with van der Waals surface area (Å²) >= 11 is 0. The minimum atomic E-state index is -0.634. The Balaban J connectivity index is 0.983. The summed E-state index contributed by atoms with van der Waals surface area (Å²) in [6.07, 6.45) is 0. The molecule has 0 unspecified atom stereocenters. The van der Waals surface area contributed by atoms with Crippen LogP contribution in [0.3, 0.4) is 0 Å². The molecule has 1 aliphatic carbocycles. The van der Waals surface area contributed by atoms with Crippen LogP contribution in [0, 0.1) is 0 Å². The average molecular weight is 843 g/mol. The smallest absolute Gasteiger partial charge is 0.140 e. The fourth-order valence-corrected chi connectivity index (χ4v) is 10.8. The van der Waals surface area contributed by atoms with Crippen molar-refractivity contribution >= 4 is 49.8 Å². The van der Waals surface area contributed by atoms with Crippen LogP contribution in [0.4, 0.5) is 17.1 Å². The Bertz CT molecular complexity index is 3680. The molecule has 0 aliphatic heterocycles. The number of hydrogen-bond donors (Lipinski definition) is 0. The first kappa shape index (κ1) is 37.9. The molecule has 0 spiro atoms. The first-order chi connectivity index (χ1) is 32.7. The second kappa shape index (κ2) is 15.3. The second-order valence-corrected chi connectivity index (χ2v) is 17.2. The van der Waals surface area contributed by atoms with Gasteiger partial charge in [-0.15, -0.1) is 0 Å². The highest BCUT2D eigenvalue weighted by Gasteiger charge is 2.50. The Morgan fingerprint density at radius 1 is 0.364 bits per heavy atom. The Kier molecular flexibility index (Phi) is 8.75. The van der Waals surface area contributed by atoms with Gasteiger partial charge in [0.05, 0.1) is 16.4 Å². The van der Waals surface area contributed by atoms with Gasteiger partial charge in [0.15, 0.2) is 0 Å². The first-order valence-electron chi connectivity index (χ1n) is 22.7. The van der Waals surface area contributed by atoms with Crippen molar-refractivity contribution in [1.82, 2.24) is 4.57 Å². The van der Waals surface area contributed by atoms with E-state index in [1.54, 1.807) is 0 Å². The largest absolute Gasteiger partial charge is 0.456 e. The third-order valence-electron chi connectivity index (χ3n) is 13.7. The molecule has 0 saturated carbocycles. The number of furan rings is 1. The molecule has 0 N–H and O–H groups in total. The Morgan fingerprint density at radius 3 is 1.53 bits per heavy atom. The van der Waals surface area contributed by atoms with Gasteiger partial charge in [0.1, 0.15) is 11.3 Å². The van der Waals surface area contributed by atoms with Crippen LogP contribution < -0.4 is 4.90 Å². The van der Waals surface area contributed by atoms with Gasteiger partial charge in [-0.25, -0.2) is 0 Å². The number of hydrogen-bond acceptors (Lipinski definition) is 2. The summed E-state index contributed by atoms with van der Waals surface area (Å²) in [4.78, 5) is 2.40. The molecule has 0 bridgehead atoms. The summed E-state index contributed by atoms with van der Waals surface area (Å²) < 4.78 is 9.24. The molecule has 3 nitrogen and oxygen atoms in total. The monoisotopic (exact) mass is 842 g/mol. The van der Waals surface area contributed by atoms with Gasteiger partial charge in [0.25, 0.3) is 0 Å². The van der Waals surface area contributed by atoms with Crippen molar-refractivity contribution in [1.29, 1.82) is 0 Å². The highest BCUT2D eigenvalue weighted by Crippen LogP contribution is 2.60. The van der Waals surface area contributed by atoms with E-state index in [1.807, 2.05) is 0 Å². The molecule has 13 rings (SSSR count). The molecule has 0 fully saturated rings. The van der Waals surface area contributed by atoms with Crippen molar-refractivity contribution in [3.8, 4) is 39.3 Å². The number of para-hydroxylation sites is 3. The normalized spacial score (nSPS) is 12.7. The summed E-state index contributed by atoms with van der Waals surface area (Å²) in [5, 5.41) is 3.61. The van der Waals surface area contributed by atoms with Gasteiger partial charge < -0.3 is 13.9 Å². The molecular formula is C63H42N2O. The Morgan fingerprint density at radius 2 is 0.864 bits per heavy atom. The zero-order valence-electron chi connectivity index (χ0n) is 36.1. The maximum atomic E-state index is 6.87. The quantitative estimate of drug-likeness (QED) is 0.152. The third kappa shape index (κ3) is 5.84. The van der Waals surface area contributed by atoms with Crippen molar-refractivity contribution in [2.45, 2.75) is 5.41 Å². The molecule has 1 aliphatic rings. The molecule has 0 atom stereocenters. The van der Waals surface area contributed by atoms with Crippen LogP contribution in [-0.2, 0) is 5.41 Å². The van der Waals surface area contributed by atoms with Crippen LogP contribution in [0.1, 0.15) is 22.3 Å². The van der Waals surface area contributed by atoms with Crippen molar-refractivity contribution in [2.75, 3.05) is 4.90 Å². The number of anilines is 3. The van der Waals surface area contributed by atoms with Gasteiger partial charge in [-0.1, -0.05) is 176 Å². The van der Waals surface area contributed by atoms with Crippen LogP contribution >= 0.6 is 0 Å². The molecule has 0 saturated heterocycles. The highest BCUT2D eigenvalue weighted by atomic mass is 16.3. The molecule has 10 aromatic carbocycles. The van der Waals surface area contributed by atoms with E-state index >= 15 is 0 Å². The molecule has 66 heavy (non-hydrogen) atoms. The maximum absolute atomic E-state index is 6.87. The van der Waals surface area contributed by atoms with E-state index in [2.05, 4.69) is 264 Å². The molecule has 2 aromatic heterocycles. The van der Waals surface area contributed by atoms with Crippen molar-refractivity contribution in [3.63, 3.8) is 0 Å². The fourth-order valence-electron chi connectivity index (χ4n) is 10.8. The standard InChI is InChI=1S/C63H42N2O/c1-5-17-43(18-6-1)44-29-34-50(35-30-44)64(51-36-31-45(32-37-51)46-33-40-59-56(41-46)53-25-13-15-27-58(53)65(59)49-23-11-4-12-24-49)52-38-39-54-57(42-52)63(47-19-7-2-8-20-47,48-21-9-3-10-22-48)61-55-26-14-16-28-60(55)66-62(54)61/h1-42H. The lowest BCUT2D eigenvalue weighted by atomic mass is 9.67. The predicted molar refractivity (Wildman–Crippen MR) is 273 cm³/mol. The molecular weight excluding hydrogens is 801 g/mol. The van der Waals surface area contributed by atoms with Crippen LogP contribution in [0.25, 0.3) is 72.0 Å². The zero-order valence-corrected chi connectivity index (χ0v) is 36.1.